The van der Waals surface area contributed by atoms with Crippen molar-refractivity contribution in [3.05, 3.63) is 90.6 Å². The van der Waals surface area contributed by atoms with E-state index in [1.807, 2.05) is 24.3 Å². The van der Waals surface area contributed by atoms with E-state index in [9.17, 15) is 13.6 Å². The van der Waals surface area contributed by atoms with Crippen molar-refractivity contribution >= 4 is 23.1 Å². The van der Waals surface area contributed by atoms with E-state index in [0.29, 0.717) is 34.6 Å². The number of rotatable bonds is 4. The summed E-state index contributed by atoms with van der Waals surface area (Å²) in [5.41, 5.74) is 2.87. The van der Waals surface area contributed by atoms with Gasteiger partial charge in [0.2, 0.25) is 5.82 Å². The van der Waals surface area contributed by atoms with E-state index >= 15 is 0 Å². The topological polar surface area (TPSA) is 97.1 Å². The van der Waals surface area contributed by atoms with Gasteiger partial charge in [0, 0.05) is 23.5 Å². The van der Waals surface area contributed by atoms with Crippen LogP contribution in [0.25, 0.3) is 28.4 Å². The lowest BCUT2D eigenvalue weighted by molar-refractivity contribution is 0.262. The molecule has 0 aliphatic rings. The van der Waals surface area contributed by atoms with E-state index in [0.717, 1.165) is 17.7 Å². The quantitative estimate of drug-likeness (QED) is 0.417. The highest BCUT2D eigenvalue weighted by atomic mass is 19.1. The molecule has 5 rings (SSSR count). The minimum absolute atomic E-state index is 0.133. The standard InChI is InChI=1S/C23H15F2N7O/c24-15-7-8-19(17(25)13-15)28-23(33)27-16-5-3-4-14(12-16)18-9-10-21-29-30-22(32(21)31-18)20-6-1-2-11-26-20/h1-13H,(H2,27,28,33). The molecule has 10 heteroatoms. The molecule has 2 amide bonds. The van der Waals surface area contributed by atoms with Gasteiger partial charge in [0.25, 0.3) is 0 Å². The normalized spacial score (nSPS) is 10.8. The van der Waals surface area contributed by atoms with E-state index in [4.69, 9.17) is 0 Å². The Morgan fingerprint density at radius 3 is 2.58 bits per heavy atom. The molecule has 0 fully saturated rings. The molecule has 3 heterocycles. The lowest BCUT2D eigenvalue weighted by atomic mass is 10.1. The van der Waals surface area contributed by atoms with Crippen LogP contribution in [-0.4, -0.2) is 30.8 Å². The van der Waals surface area contributed by atoms with Crippen molar-refractivity contribution in [2.75, 3.05) is 10.6 Å². The molecule has 0 aliphatic heterocycles. The molecular formula is C23H15F2N7O. The number of halogens is 2. The number of aromatic nitrogens is 5. The van der Waals surface area contributed by atoms with Gasteiger partial charge < -0.3 is 10.6 Å². The van der Waals surface area contributed by atoms with Crippen LogP contribution in [0, 0.1) is 11.6 Å². The lowest BCUT2D eigenvalue weighted by Crippen LogP contribution is -2.20. The van der Waals surface area contributed by atoms with Gasteiger partial charge in [-0.15, -0.1) is 10.2 Å². The summed E-state index contributed by atoms with van der Waals surface area (Å²) in [6.07, 6.45) is 1.66. The summed E-state index contributed by atoms with van der Waals surface area (Å²) in [5, 5.41) is 17.9. The summed E-state index contributed by atoms with van der Waals surface area (Å²) in [5.74, 6) is -1.09. The molecule has 5 aromatic rings. The third kappa shape index (κ3) is 4.22. The summed E-state index contributed by atoms with van der Waals surface area (Å²) < 4.78 is 28.4. The third-order valence-electron chi connectivity index (χ3n) is 4.75. The molecule has 0 aliphatic carbocycles. The van der Waals surface area contributed by atoms with Crippen LogP contribution in [0.1, 0.15) is 0 Å². The van der Waals surface area contributed by atoms with Crippen LogP contribution in [0.15, 0.2) is 79.0 Å². The van der Waals surface area contributed by atoms with Crippen LogP contribution in [0.2, 0.25) is 0 Å². The number of fused-ring (bicyclic) bond motifs is 1. The minimum Gasteiger partial charge on any atom is -0.308 e. The van der Waals surface area contributed by atoms with Crippen molar-refractivity contribution in [3.63, 3.8) is 0 Å². The number of carbonyl (C=O) groups excluding carboxylic acids is 1. The molecule has 162 valence electrons. The number of benzene rings is 2. The van der Waals surface area contributed by atoms with Crippen molar-refractivity contribution < 1.29 is 13.6 Å². The van der Waals surface area contributed by atoms with Gasteiger partial charge in [-0.05, 0) is 48.5 Å². The number of amides is 2. The number of urea groups is 1. The van der Waals surface area contributed by atoms with Crippen molar-refractivity contribution in [2.24, 2.45) is 0 Å². The molecule has 3 aromatic heterocycles. The van der Waals surface area contributed by atoms with Gasteiger partial charge in [-0.25, -0.2) is 13.6 Å². The predicted octanol–water partition coefficient (Wildman–Crippen LogP) is 4.78. The first kappa shape index (κ1) is 20.2. The Kier molecular flexibility index (Phi) is 5.15. The second-order valence-electron chi connectivity index (χ2n) is 7.01. The van der Waals surface area contributed by atoms with Crippen LogP contribution in [0.5, 0.6) is 0 Å². The Bertz CT molecular complexity index is 1470. The zero-order valence-electron chi connectivity index (χ0n) is 16.9. The fourth-order valence-corrected chi connectivity index (χ4v) is 3.23. The fourth-order valence-electron chi connectivity index (χ4n) is 3.23. The summed E-state index contributed by atoms with van der Waals surface area (Å²) in [6.45, 7) is 0. The fraction of sp³-hybridized carbons (Fsp3) is 0. The first-order valence-corrected chi connectivity index (χ1v) is 9.84. The first-order chi connectivity index (χ1) is 16.1. The number of anilines is 2. The van der Waals surface area contributed by atoms with Crippen molar-refractivity contribution in [3.8, 4) is 22.8 Å². The lowest BCUT2D eigenvalue weighted by Gasteiger charge is -2.10. The van der Waals surface area contributed by atoms with Crippen LogP contribution in [0.4, 0.5) is 25.0 Å². The Labute approximate surface area is 185 Å². The monoisotopic (exact) mass is 443 g/mol. The third-order valence-corrected chi connectivity index (χ3v) is 4.75. The maximum Gasteiger partial charge on any atom is 0.323 e. The molecule has 8 nitrogen and oxygen atoms in total. The van der Waals surface area contributed by atoms with Gasteiger partial charge in [0.05, 0.1) is 11.4 Å². The van der Waals surface area contributed by atoms with Crippen LogP contribution >= 0.6 is 0 Å². The number of pyridine rings is 1. The summed E-state index contributed by atoms with van der Waals surface area (Å²) in [6, 6.07) is 18.3. The number of hydrogen-bond acceptors (Lipinski definition) is 5. The van der Waals surface area contributed by atoms with E-state index in [1.165, 1.54) is 0 Å². The molecule has 0 atom stereocenters. The van der Waals surface area contributed by atoms with E-state index < -0.39 is 17.7 Å². The Hall–Kier alpha value is -4.73. The second kappa shape index (κ2) is 8.42. The summed E-state index contributed by atoms with van der Waals surface area (Å²) in [4.78, 5) is 16.6. The van der Waals surface area contributed by atoms with E-state index in [1.54, 1.807) is 41.0 Å². The Morgan fingerprint density at radius 2 is 1.76 bits per heavy atom. The predicted molar refractivity (Wildman–Crippen MR) is 118 cm³/mol. The maximum atomic E-state index is 13.8. The highest BCUT2D eigenvalue weighted by Crippen LogP contribution is 2.23. The molecular weight excluding hydrogens is 428 g/mol. The minimum atomic E-state index is -0.867. The van der Waals surface area contributed by atoms with E-state index in [2.05, 4.69) is 30.9 Å². The molecule has 2 aromatic carbocycles. The molecule has 2 N–H and O–H groups in total. The Balaban J connectivity index is 1.40. The highest BCUT2D eigenvalue weighted by Gasteiger charge is 2.13. The van der Waals surface area contributed by atoms with Crippen molar-refractivity contribution in [1.29, 1.82) is 0 Å². The average molecular weight is 443 g/mol. The molecule has 0 saturated carbocycles. The van der Waals surface area contributed by atoms with Crippen molar-refractivity contribution in [1.82, 2.24) is 24.8 Å². The van der Waals surface area contributed by atoms with Gasteiger partial charge >= 0.3 is 6.03 Å². The molecule has 0 bridgehead atoms. The van der Waals surface area contributed by atoms with Gasteiger partial charge in [-0.3, -0.25) is 4.98 Å². The second-order valence-corrected chi connectivity index (χ2v) is 7.01. The van der Waals surface area contributed by atoms with Crippen LogP contribution < -0.4 is 10.6 Å². The average Bonchev–Trinajstić information content (AvgIpc) is 3.25. The molecule has 0 saturated heterocycles. The number of hydrogen-bond donors (Lipinski definition) is 2. The van der Waals surface area contributed by atoms with Crippen LogP contribution in [-0.2, 0) is 0 Å². The van der Waals surface area contributed by atoms with Gasteiger partial charge in [-0.1, -0.05) is 18.2 Å². The summed E-state index contributed by atoms with van der Waals surface area (Å²) in [7, 11) is 0. The molecule has 33 heavy (non-hydrogen) atoms. The molecule has 0 radical (unpaired) electrons. The Morgan fingerprint density at radius 1 is 0.848 bits per heavy atom. The highest BCUT2D eigenvalue weighted by molar-refractivity contribution is 6.00. The largest absolute Gasteiger partial charge is 0.323 e. The summed E-state index contributed by atoms with van der Waals surface area (Å²) >= 11 is 0. The zero-order valence-corrected chi connectivity index (χ0v) is 16.9. The zero-order chi connectivity index (χ0) is 22.8. The number of nitrogens with one attached hydrogen (secondary N) is 2. The van der Waals surface area contributed by atoms with Gasteiger partial charge in [0.15, 0.2) is 5.65 Å². The van der Waals surface area contributed by atoms with Gasteiger partial charge in [0.1, 0.15) is 17.3 Å². The van der Waals surface area contributed by atoms with Crippen molar-refractivity contribution in [2.45, 2.75) is 0 Å². The first-order valence-electron chi connectivity index (χ1n) is 9.84. The number of carbonyl (C=O) groups is 1. The number of nitrogens with zero attached hydrogens (tertiary/aromatic N) is 5. The van der Waals surface area contributed by atoms with Gasteiger partial charge in [-0.2, -0.15) is 9.61 Å². The smallest absolute Gasteiger partial charge is 0.308 e. The van der Waals surface area contributed by atoms with Crippen LogP contribution in [0.3, 0.4) is 0 Å². The maximum absolute atomic E-state index is 13.8. The molecule has 0 unspecified atom stereocenters. The SMILES string of the molecule is O=C(Nc1cccc(-c2ccc3nnc(-c4ccccn4)n3n2)c1)Nc1ccc(F)cc1F. The van der Waals surface area contributed by atoms with E-state index in [-0.39, 0.29) is 5.69 Å². The molecule has 0 spiro atoms.